The van der Waals surface area contributed by atoms with Gasteiger partial charge < -0.3 is 19.7 Å². The third-order valence-corrected chi connectivity index (χ3v) is 12.0. The molecule has 1 aliphatic heterocycles. The van der Waals surface area contributed by atoms with Crippen molar-refractivity contribution in [2.75, 3.05) is 58.8 Å². The molecular formula is C35H39FN8O2S. The highest BCUT2D eigenvalue weighted by molar-refractivity contribution is 7.23. The number of anilines is 1. The molecule has 0 amide bonds. The molecule has 0 atom stereocenters. The van der Waals surface area contributed by atoms with Gasteiger partial charge in [0.15, 0.2) is 0 Å². The number of hydrogen-bond donors (Lipinski definition) is 1. The number of morpholine rings is 1. The van der Waals surface area contributed by atoms with Gasteiger partial charge in [0, 0.05) is 54.3 Å². The molecule has 12 heteroatoms. The number of rotatable bonds is 11. The van der Waals surface area contributed by atoms with Crippen molar-refractivity contribution in [1.29, 1.82) is 5.26 Å². The van der Waals surface area contributed by atoms with E-state index in [4.69, 9.17) is 24.4 Å². The van der Waals surface area contributed by atoms with E-state index in [2.05, 4.69) is 47.0 Å². The van der Waals surface area contributed by atoms with Crippen molar-refractivity contribution >= 4 is 49.9 Å². The second-order valence-corrected chi connectivity index (χ2v) is 15.1. The molecule has 3 aliphatic carbocycles. The molecule has 1 spiro atoms. The molecule has 4 aromatic rings. The largest absolute Gasteiger partial charge is 0.463 e. The van der Waals surface area contributed by atoms with E-state index in [9.17, 15) is 9.65 Å². The number of thiophene rings is 1. The summed E-state index contributed by atoms with van der Waals surface area (Å²) in [7, 11) is 4.26. The second kappa shape index (κ2) is 11.4. The molecule has 3 aromatic heterocycles. The number of aliphatic imine (C=N–C) groups is 1. The van der Waals surface area contributed by atoms with Gasteiger partial charge in [-0.15, -0.1) is 11.3 Å². The average molecular weight is 655 g/mol. The van der Waals surface area contributed by atoms with Crippen LogP contribution in [0.15, 0.2) is 29.4 Å². The number of hydrogen-bond acceptors (Lipinski definition) is 11. The number of aromatic nitrogens is 3. The van der Waals surface area contributed by atoms with Crippen LogP contribution in [0.2, 0.25) is 0 Å². The second-order valence-electron chi connectivity index (χ2n) is 14.1. The van der Waals surface area contributed by atoms with Gasteiger partial charge in [0.05, 0.1) is 45.7 Å². The molecule has 4 aliphatic rings. The van der Waals surface area contributed by atoms with Crippen molar-refractivity contribution in [1.82, 2.24) is 24.8 Å². The number of fused-ring (bicyclic) bond motifs is 2. The van der Waals surface area contributed by atoms with Gasteiger partial charge in [0.2, 0.25) is 0 Å². The molecule has 0 unspecified atom stereocenters. The summed E-state index contributed by atoms with van der Waals surface area (Å²) in [6.45, 7) is 8.66. The summed E-state index contributed by atoms with van der Waals surface area (Å²) in [5.41, 5.74) is 2.45. The molecule has 4 fully saturated rings. The van der Waals surface area contributed by atoms with E-state index < -0.39 is 5.82 Å². The summed E-state index contributed by atoms with van der Waals surface area (Å²) in [4.78, 5) is 23.4. The van der Waals surface area contributed by atoms with Gasteiger partial charge in [-0.2, -0.15) is 15.2 Å². The number of nitrogens with one attached hydrogen (secondary N) is 1. The van der Waals surface area contributed by atoms with Crippen LogP contribution in [0.4, 0.5) is 15.2 Å². The Balaban J connectivity index is 1.13. The number of benzene rings is 1. The minimum absolute atomic E-state index is 0.0735. The first-order chi connectivity index (χ1) is 22.7. The molecule has 10 nitrogen and oxygen atoms in total. The Bertz CT molecular complexity index is 1920. The molecule has 1 saturated heterocycles. The smallest absolute Gasteiger partial charge is 0.318 e. The SMILES string of the molecule is C=Nc1sc2c(F)ccc(-c3cc4nc(OCC5(CN6CCOC7(CC7)C6)CC5)nc(NCC5(N(C)C)CCC5)c4cn3)c2c1C#N. The molecular weight excluding hydrogens is 616 g/mol. The first-order valence-electron chi connectivity index (χ1n) is 16.5. The van der Waals surface area contributed by atoms with E-state index in [1.807, 2.05) is 6.07 Å². The average Bonchev–Trinajstić information content (AvgIpc) is 3.95. The van der Waals surface area contributed by atoms with E-state index in [-0.39, 0.29) is 16.6 Å². The third kappa shape index (κ3) is 5.53. The Morgan fingerprint density at radius 2 is 2.04 bits per heavy atom. The van der Waals surface area contributed by atoms with Gasteiger partial charge in [-0.05, 0) is 84.0 Å². The lowest BCUT2D eigenvalue weighted by Gasteiger charge is -2.47. The number of halogens is 1. The Morgan fingerprint density at radius 1 is 1.21 bits per heavy atom. The highest BCUT2D eigenvalue weighted by Crippen LogP contribution is 2.49. The normalized spacial score (nSPS) is 20.7. The highest BCUT2D eigenvalue weighted by Gasteiger charge is 2.51. The molecule has 47 heavy (non-hydrogen) atoms. The Hall–Kier alpha value is -3.76. The van der Waals surface area contributed by atoms with Crippen LogP contribution in [-0.4, -0.2) is 96.1 Å². The summed E-state index contributed by atoms with van der Waals surface area (Å²) in [5.74, 6) is 0.274. The number of nitrogens with zero attached hydrogens (tertiary/aromatic N) is 7. The van der Waals surface area contributed by atoms with Crippen LogP contribution in [0.5, 0.6) is 6.01 Å². The summed E-state index contributed by atoms with van der Waals surface area (Å²) < 4.78 is 27.7. The summed E-state index contributed by atoms with van der Waals surface area (Å²) >= 11 is 1.12. The van der Waals surface area contributed by atoms with Crippen molar-refractivity contribution < 1.29 is 13.9 Å². The lowest BCUT2D eigenvalue weighted by atomic mass is 9.75. The fraction of sp³-hybridized carbons (Fsp3) is 0.514. The predicted molar refractivity (Wildman–Crippen MR) is 182 cm³/mol. The van der Waals surface area contributed by atoms with Crippen molar-refractivity contribution in [3.8, 4) is 23.3 Å². The van der Waals surface area contributed by atoms with Crippen LogP contribution in [0.25, 0.3) is 32.2 Å². The van der Waals surface area contributed by atoms with E-state index in [0.29, 0.717) is 55.9 Å². The van der Waals surface area contributed by atoms with Crippen LogP contribution in [0.3, 0.4) is 0 Å². The van der Waals surface area contributed by atoms with Gasteiger partial charge in [0.1, 0.15) is 22.7 Å². The van der Waals surface area contributed by atoms with Crippen LogP contribution < -0.4 is 10.1 Å². The van der Waals surface area contributed by atoms with Crippen LogP contribution >= 0.6 is 11.3 Å². The summed E-state index contributed by atoms with van der Waals surface area (Å²) in [6.07, 6.45) is 9.79. The molecule has 8 rings (SSSR count). The topological polar surface area (TPSA) is 112 Å². The van der Waals surface area contributed by atoms with Gasteiger partial charge >= 0.3 is 6.01 Å². The lowest BCUT2D eigenvalue weighted by Crippen LogP contribution is -2.54. The van der Waals surface area contributed by atoms with Gasteiger partial charge in [-0.1, -0.05) is 0 Å². The number of nitriles is 1. The van der Waals surface area contributed by atoms with E-state index in [1.54, 1.807) is 12.3 Å². The quantitative estimate of drug-likeness (QED) is 0.190. The van der Waals surface area contributed by atoms with Crippen molar-refractivity contribution in [3.63, 3.8) is 0 Å². The maximum Gasteiger partial charge on any atom is 0.318 e. The molecule has 1 aromatic carbocycles. The highest BCUT2D eigenvalue weighted by atomic mass is 32.1. The van der Waals surface area contributed by atoms with E-state index >= 15 is 0 Å². The number of pyridine rings is 1. The standard InChI is InChI=1S/C35H39FN8O2S/c1-38-31-23(16-37)28-22(5-6-25(36)29(28)47-31)26-15-27-24(17-39-26)30(40-18-34(43(2)3)7-4-8-34)42-32(41-27)45-21-33(9-10-33)19-44-13-14-46-35(20-44)11-12-35/h5-6,15,17H,1,4,7-14,18-21H2,2-3H3,(H,40,41,42). The Kier molecular flexibility index (Phi) is 7.44. The fourth-order valence-corrected chi connectivity index (χ4v) is 8.26. The maximum absolute atomic E-state index is 14.9. The van der Waals surface area contributed by atoms with Crippen LogP contribution in [-0.2, 0) is 4.74 Å². The van der Waals surface area contributed by atoms with Gasteiger partial charge in [0.25, 0.3) is 0 Å². The van der Waals surface area contributed by atoms with Crippen molar-refractivity contribution in [3.05, 3.63) is 35.8 Å². The third-order valence-electron chi connectivity index (χ3n) is 10.8. The molecule has 0 radical (unpaired) electrons. The van der Waals surface area contributed by atoms with Gasteiger partial charge in [-0.25, -0.2) is 4.39 Å². The van der Waals surface area contributed by atoms with Crippen LogP contribution in [0.1, 0.15) is 50.5 Å². The van der Waals surface area contributed by atoms with E-state index in [1.165, 1.54) is 25.3 Å². The monoisotopic (exact) mass is 654 g/mol. The van der Waals surface area contributed by atoms with Gasteiger partial charge in [-0.3, -0.25) is 14.9 Å². The van der Waals surface area contributed by atoms with Crippen molar-refractivity contribution in [2.45, 2.75) is 56.1 Å². The van der Waals surface area contributed by atoms with Crippen LogP contribution in [0, 0.1) is 22.6 Å². The molecule has 3 saturated carbocycles. The zero-order chi connectivity index (χ0) is 32.4. The maximum atomic E-state index is 14.9. The Labute approximate surface area is 277 Å². The fourth-order valence-electron chi connectivity index (χ4n) is 7.27. The first kappa shape index (κ1) is 30.6. The first-order valence-corrected chi connectivity index (χ1v) is 17.3. The molecule has 4 heterocycles. The minimum atomic E-state index is -0.408. The molecule has 0 bridgehead atoms. The van der Waals surface area contributed by atoms with E-state index in [0.717, 1.165) is 75.2 Å². The Morgan fingerprint density at radius 3 is 2.72 bits per heavy atom. The molecule has 1 N–H and O–H groups in total. The number of likely N-dealkylation sites (N-methyl/N-ethyl adjacent to an activating group) is 1. The molecule has 244 valence electrons. The lowest BCUT2D eigenvalue weighted by molar-refractivity contribution is -0.0532. The summed E-state index contributed by atoms with van der Waals surface area (Å²) in [5, 5.41) is 15.2. The minimum Gasteiger partial charge on any atom is -0.463 e. The predicted octanol–water partition coefficient (Wildman–Crippen LogP) is 6.17. The number of ether oxygens (including phenoxy) is 2. The zero-order valence-corrected chi connectivity index (χ0v) is 27.8. The summed E-state index contributed by atoms with van der Waals surface area (Å²) in [6, 6.07) is 7.47. The van der Waals surface area contributed by atoms with Crippen molar-refractivity contribution in [2.24, 2.45) is 10.4 Å². The zero-order valence-electron chi connectivity index (χ0n) is 26.9.